The molecule has 5 nitrogen and oxygen atoms in total. The van der Waals surface area contributed by atoms with Crippen LogP contribution in [0.2, 0.25) is 0 Å². The number of sulfonamides is 1. The number of nitrogens with zero attached hydrogens (tertiary/aromatic N) is 1. The molecular formula is C21H19NO4S. The van der Waals surface area contributed by atoms with E-state index in [0.717, 1.165) is 9.87 Å². The Labute approximate surface area is 158 Å². The third-order valence-corrected chi connectivity index (χ3v) is 5.78. The molecule has 0 atom stereocenters. The number of rotatable bonds is 5. The van der Waals surface area contributed by atoms with Crippen LogP contribution < -0.4 is 9.04 Å². The zero-order chi connectivity index (χ0) is 19.4. The van der Waals surface area contributed by atoms with Crippen LogP contribution in [0.1, 0.15) is 15.9 Å². The summed E-state index contributed by atoms with van der Waals surface area (Å²) in [7, 11) is -2.71. The molecule has 3 rings (SSSR count). The summed E-state index contributed by atoms with van der Waals surface area (Å²) in [6.45, 7) is 1.86. The van der Waals surface area contributed by atoms with Gasteiger partial charge in [0.05, 0.1) is 12.0 Å². The summed E-state index contributed by atoms with van der Waals surface area (Å²) >= 11 is 0. The molecule has 0 spiro atoms. The van der Waals surface area contributed by atoms with Crippen molar-refractivity contribution < 1.29 is 17.9 Å². The average molecular weight is 381 g/mol. The van der Waals surface area contributed by atoms with Gasteiger partial charge in [-0.1, -0.05) is 48.0 Å². The highest BCUT2D eigenvalue weighted by atomic mass is 32.2. The lowest BCUT2D eigenvalue weighted by molar-refractivity contribution is 0.100. The molecule has 1 amide bonds. The van der Waals surface area contributed by atoms with Crippen LogP contribution in [0.5, 0.6) is 5.75 Å². The van der Waals surface area contributed by atoms with Crippen molar-refractivity contribution in [1.82, 2.24) is 0 Å². The van der Waals surface area contributed by atoms with Crippen molar-refractivity contribution in [1.29, 1.82) is 0 Å². The maximum Gasteiger partial charge on any atom is 0.272 e. The quantitative estimate of drug-likeness (QED) is 0.669. The largest absolute Gasteiger partial charge is 0.495 e. The van der Waals surface area contributed by atoms with Gasteiger partial charge >= 0.3 is 0 Å². The third kappa shape index (κ3) is 3.71. The van der Waals surface area contributed by atoms with Crippen molar-refractivity contribution in [2.24, 2.45) is 0 Å². The van der Waals surface area contributed by atoms with Crippen molar-refractivity contribution in [2.45, 2.75) is 11.8 Å². The summed E-state index contributed by atoms with van der Waals surface area (Å²) in [4.78, 5) is 13.2. The van der Waals surface area contributed by atoms with Crippen LogP contribution in [0.4, 0.5) is 5.69 Å². The van der Waals surface area contributed by atoms with E-state index in [-0.39, 0.29) is 21.9 Å². The van der Waals surface area contributed by atoms with Crippen LogP contribution in [-0.2, 0) is 10.0 Å². The Morgan fingerprint density at radius 3 is 2.07 bits per heavy atom. The molecule has 138 valence electrons. The van der Waals surface area contributed by atoms with Gasteiger partial charge in [-0.3, -0.25) is 4.79 Å². The van der Waals surface area contributed by atoms with Gasteiger partial charge in [-0.2, -0.15) is 4.31 Å². The predicted molar refractivity (Wildman–Crippen MR) is 105 cm³/mol. The number of amides is 1. The minimum absolute atomic E-state index is 0.0308. The van der Waals surface area contributed by atoms with Crippen LogP contribution in [0.25, 0.3) is 0 Å². The number of carbonyl (C=O) groups excluding carboxylic acids is 1. The Morgan fingerprint density at radius 1 is 0.852 bits per heavy atom. The Bertz CT molecular complexity index is 1050. The zero-order valence-electron chi connectivity index (χ0n) is 15.0. The second-order valence-electron chi connectivity index (χ2n) is 5.93. The Balaban J connectivity index is 2.21. The molecule has 0 aliphatic carbocycles. The van der Waals surface area contributed by atoms with E-state index in [1.165, 1.54) is 19.2 Å². The molecule has 0 aromatic heterocycles. The van der Waals surface area contributed by atoms with Crippen LogP contribution >= 0.6 is 0 Å². The summed E-state index contributed by atoms with van der Waals surface area (Å²) in [5, 5.41) is 0. The van der Waals surface area contributed by atoms with Crippen molar-refractivity contribution in [3.63, 3.8) is 0 Å². The van der Waals surface area contributed by atoms with Crippen molar-refractivity contribution in [3.8, 4) is 5.75 Å². The summed E-state index contributed by atoms with van der Waals surface area (Å²) in [6, 6.07) is 21.2. The van der Waals surface area contributed by atoms with E-state index in [2.05, 4.69) is 0 Å². The number of aryl methyl sites for hydroxylation is 1. The smallest absolute Gasteiger partial charge is 0.272 e. The first kappa shape index (κ1) is 18.7. The molecule has 0 aliphatic rings. The fourth-order valence-electron chi connectivity index (χ4n) is 2.66. The number of methoxy groups -OCH3 is 1. The number of ether oxygens (including phenoxy) is 1. The van der Waals surface area contributed by atoms with Gasteiger partial charge in [0.25, 0.3) is 15.9 Å². The first-order valence-corrected chi connectivity index (χ1v) is 9.73. The van der Waals surface area contributed by atoms with Gasteiger partial charge in [0.2, 0.25) is 0 Å². The molecule has 0 saturated carbocycles. The first-order valence-electron chi connectivity index (χ1n) is 8.29. The number of anilines is 1. The number of hydrogen-bond acceptors (Lipinski definition) is 4. The number of hydrogen-bond donors (Lipinski definition) is 0. The van der Waals surface area contributed by atoms with Crippen LogP contribution in [-0.4, -0.2) is 21.4 Å². The molecular weight excluding hydrogens is 362 g/mol. The molecule has 0 radical (unpaired) electrons. The van der Waals surface area contributed by atoms with Crippen LogP contribution in [0, 0.1) is 6.92 Å². The van der Waals surface area contributed by atoms with E-state index >= 15 is 0 Å². The van der Waals surface area contributed by atoms with E-state index in [1.54, 1.807) is 66.7 Å². The minimum atomic E-state index is -4.15. The summed E-state index contributed by atoms with van der Waals surface area (Å²) < 4.78 is 32.9. The SMILES string of the molecule is COc1ccccc1N(C(=O)c1ccccc1)S(=O)(=O)c1ccc(C)cc1. The molecule has 27 heavy (non-hydrogen) atoms. The topological polar surface area (TPSA) is 63.7 Å². The second kappa shape index (κ2) is 7.63. The number of carbonyl (C=O) groups is 1. The van der Waals surface area contributed by atoms with Gasteiger partial charge in [0.1, 0.15) is 11.4 Å². The summed E-state index contributed by atoms with van der Waals surface area (Å²) in [5.41, 5.74) is 1.35. The minimum Gasteiger partial charge on any atom is -0.495 e. The Hall–Kier alpha value is -3.12. The molecule has 0 N–H and O–H groups in total. The molecule has 3 aromatic rings. The van der Waals surface area contributed by atoms with Gasteiger partial charge in [0, 0.05) is 5.56 Å². The van der Waals surface area contributed by atoms with Gasteiger partial charge < -0.3 is 4.74 Å². The van der Waals surface area contributed by atoms with Crippen molar-refractivity contribution in [3.05, 3.63) is 90.0 Å². The number of para-hydroxylation sites is 2. The van der Waals surface area contributed by atoms with Crippen LogP contribution in [0.15, 0.2) is 83.8 Å². The van der Waals surface area contributed by atoms with Gasteiger partial charge in [-0.05, 0) is 43.3 Å². The lowest BCUT2D eigenvalue weighted by atomic mass is 10.2. The third-order valence-electron chi connectivity index (χ3n) is 4.07. The molecule has 0 fully saturated rings. The average Bonchev–Trinajstić information content (AvgIpc) is 2.69. The van der Waals surface area contributed by atoms with Crippen molar-refractivity contribution in [2.75, 3.05) is 11.4 Å². The predicted octanol–water partition coefficient (Wildman–Crippen LogP) is 4.04. The fraction of sp³-hybridized carbons (Fsp3) is 0.0952. The van der Waals surface area contributed by atoms with Gasteiger partial charge in [-0.15, -0.1) is 0 Å². The first-order chi connectivity index (χ1) is 12.9. The molecule has 0 unspecified atom stereocenters. The molecule has 0 heterocycles. The monoisotopic (exact) mass is 381 g/mol. The van der Waals surface area contributed by atoms with Gasteiger partial charge in [0.15, 0.2) is 0 Å². The standard InChI is InChI=1S/C21H19NO4S/c1-16-12-14-18(15-13-16)27(24,25)22(19-10-6-7-11-20(19)26-2)21(23)17-8-4-3-5-9-17/h3-15H,1-2H3. The van der Waals surface area contributed by atoms with E-state index in [1.807, 2.05) is 6.92 Å². The van der Waals surface area contributed by atoms with E-state index in [9.17, 15) is 13.2 Å². The summed E-state index contributed by atoms with van der Waals surface area (Å²) in [5.74, 6) is -0.363. The highest BCUT2D eigenvalue weighted by molar-refractivity contribution is 7.93. The normalized spacial score (nSPS) is 11.0. The van der Waals surface area contributed by atoms with Crippen molar-refractivity contribution >= 4 is 21.6 Å². The maximum atomic E-state index is 13.4. The lowest BCUT2D eigenvalue weighted by Crippen LogP contribution is -2.37. The molecule has 3 aromatic carbocycles. The van der Waals surface area contributed by atoms with E-state index in [4.69, 9.17) is 4.74 Å². The fourth-order valence-corrected chi connectivity index (χ4v) is 4.08. The summed E-state index contributed by atoms with van der Waals surface area (Å²) in [6.07, 6.45) is 0. The molecule has 0 saturated heterocycles. The highest BCUT2D eigenvalue weighted by Crippen LogP contribution is 2.33. The van der Waals surface area contributed by atoms with E-state index in [0.29, 0.717) is 0 Å². The number of benzene rings is 3. The second-order valence-corrected chi connectivity index (χ2v) is 7.71. The lowest BCUT2D eigenvalue weighted by Gasteiger charge is -2.24. The molecule has 0 aliphatic heterocycles. The maximum absolute atomic E-state index is 13.4. The van der Waals surface area contributed by atoms with Crippen LogP contribution in [0.3, 0.4) is 0 Å². The highest BCUT2D eigenvalue weighted by Gasteiger charge is 2.33. The zero-order valence-corrected chi connectivity index (χ0v) is 15.8. The Kier molecular flexibility index (Phi) is 5.28. The molecule has 0 bridgehead atoms. The van der Waals surface area contributed by atoms with Gasteiger partial charge in [-0.25, -0.2) is 8.42 Å². The van der Waals surface area contributed by atoms with E-state index < -0.39 is 15.9 Å². The Morgan fingerprint density at radius 2 is 1.44 bits per heavy atom. The molecule has 6 heteroatoms.